The fourth-order valence-corrected chi connectivity index (χ4v) is 1.93. The molecule has 0 aliphatic rings. The first-order valence-electron chi connectivity index (χ1n) is 6.05. The van der Waals surface area contributed by atoms with Crippen LogP contribution in [-0.2, 0) is 20.1 Å². The summed E-state index contributed by atoms with van der Waals surface area (Å²) < 4.78 is 7.53. The summed E-state index contributed by atoms with van der Waals surface area (Å²) in [5.74, 6) is 1.48. The number of hydrogen-bond donors (Lipinski definition) is 1. The van der Waals surface area contributed by atoms with E-state index in [0.717, 1.165) is 17.7 Å². The highest BCUT2D eigenvalue weighted by Gasteiger charge is 2.15. The van der Waals surface area contributed by atoms with Gasteiger partial charge in [0.15, 0.2) is 0 Å². The van der Waals surface area contributed by atoms with Gasteiger partial charge >= 0.3 is 0 Å². The Balaban J connectivity index is 2.33. The fourth-order valence-electron chi connectivity index (χ4n) is 1.93. The Morgan fingerprint density at radius 1 is 1.28 bits per heavy atom. The second-order valence-corrected chi connectivity index (χ2v) is 4.28. The fraction of sp³-hybridized carbons (Fsp3) is 0.357. The van der Waals surface area contributed by atoms with Crippen LogP contribution in [0.3, 0.4) is 0 Å². The maximum Gasteiger partial charge on any atom is 0.221 e. The Bertz CT molecular complexity index is 529. The summed E-state index contributed by atoms with van der Waals surface area (Å²) in [6, 6.07) is 7.87. The number of aliphatic hydroxyl groups is 1. The highest BCUT2D eigenvalue weighted by atomic mass is 16.5. The molecule has 0 amide bonds. The minimum Gasteiger partial charge on any atom is -0.439 e. The Hall–Kier alpha value is -1.81. The van der Waals surface area contributed by atoms with Gasteiger partial charge in [0.1, 0.15) is 5.75 Å². The van der Waals surface area contributed by atoms with Gasteiger partial charge in [-0.25, -0.2) is 4.68 Å². The molecule has 0 saturated carbocycles. The van der Waals surface area contributed by atoms with Crippen LogP contribution >= 0.6 is 0 Å². The van der Waals surface area contributed by atoms with Gasteiger partial charge in [-0.05, 0) is 25.5 Å². The normalized spacial score (nSPS) is 10.7. The van der Waals surface area contributed by atoms with Gasteiger partial charge in [-0.15, -0.1) is 0 Å². The molecule has 4 heteroatoms. The summed E-state index contributed by atoms with van der Waals surface area (Å²) in [7, 11) is 1.82. The summed E-state index contributed by atoms with van der Waals surface area (Å²) in [5.41, 5.74) is 2.84. The van der Waals surface area contributed by atoms with Gasteiger partial charge in [-0.1, -0.05) is 24.6 Å². The molecule has 0 fully saturated rings. The van der Waals surface area contributed by atoms with Crippen LogP contribution in [0.15, 0.2) is 24.3 Å². The zero-order valence-corrected chi connectivity index (χ0v) is 11.0. The van der Waals surface area contributed by atoms with Gasteiger partial charge in [0.2, 0.25) is 5.88 Å². The molecule has 2 rings (SSSR count). The molecule has 18 heavy (non-hydrogen) atoms. The Morgan fingerprint density at radius 3 is 2.50 bits per heavy atom. The lowest BCUT2D eigenvalue weighted by Gasteiger charge is -2.08. The average Bonchev–Trinajstić information content (AvgIpc) is 2.68. The van der Waals surface area contributed by atoms with Crippen molar-refractivity contribution in [2.24, 2.45) is 7.05 Å². The monoisotopic (exact) mass is 246 g/mol. The third-order valence-corrected chi connectivity index (χ3v) is 2.91. The molecule has 0 radical (unpaired) electrons. The molecule has 1 N–H and O–H groups in total. The minimum absolute atomic E-state index is 0.0612. The van der Waals surface area contributed by atoms with Crippen LogP contribution < -0.4 is 4.74 Å². The SMILES string of the molecule is CCc1c(CO)nn(C)c1Oc1ccc(C)cc1. The lowest BCUT2D eigenvalue weighted by atomic mass is 10.2. The zero-order valence-electron chi connectivity index (χ0n) is 11.0. The Kier molecular flexibility index (Phi) is 3.67. The molecular formula is C14H18N2O2. The predicted octanol–water partition coefficient (Wildman–Crippen LogP) is 2.58. The summed E-state index contributed by atoms with van der Waals surface area (Å²) in [6.45, 7) is 4.00. The minimum atomic E-state index is -0.0612. The lowest BCUT2D eigenvalue weighted by Crippen LogP contribution is -1.96. The van der Waals surface area contributed by atoms with Crippen LogP contribution in [0, 0.1) is 6.92 Å². The van der Waals surface area contributed by atoms with Crippen molar-refractivity contribution >= 4 is 0 Å². The van der Waals surface area contributed by atoms with Crippen molar-refractivity contribution in [3.8, 4) is 11.6 Å². The lowest BCUT2D eigenvalue weighted by molar-refractivity contribution is 0.274. The van der Waals surface area contributed by atoms with Crippen molar-refractivity contribution in [1.82, 2.24) is 9.78 Å². The summed E-state index contributed by atoms with van der Waals surface area (Å²) in [4.78, 5) is 0. The third-order valence-electron chi connectivity index (χ3n) is 2.91. The molecule has 0 unspecified atom stereocenters. The molecule has 1 heterocycles. The molecule has 0 spiro atoms. The average molecular weight is 246 g/mol. The highest BCUT2D eigenvalue weighted by molar-refractivity contribution is 5.36. The number of benzene rings is 1. The number of nitrogens with zero attached hydrogens (tertiary/aromatic N) is 2. The first kappa shape index (κ1) is 12.6. The molecule has 2 aromatic rings. The van der Waals surface area contributed by atoms with E-state index in [4.69, 9.17) is 4.74 Å². The van der Waals surface area contributed by atoms with Crippen LogP contribution in [0.25, 0.3) is 0 Å². The van der Waals surface area contributed by atoms with Crippen molar-refractivity contribution in [3.63, 3.8) is 0 Å². The highest BCUT2D eigenvalue weighted by Crippen LogP contribution is 2.28. The maximum atomic E-state index is 9.26. The molecule has 1 aromatic heterocycles. The molecule has 0 saturated heterocycles. The van der Waals surface area contributed by atoms with Gasteiger partial charge in [-0.2, -0.15) is 5.10 Å². The Labute approximate surface area is 107 Å². The number of ether oxygens (including phenoxy) is 1. The predicted molar refractivity (Wildman–Crippen MR) is 69.8 cm³/mol. The van der Waals surface area contributed by atoms with E-state index < -0.39 is 0 Å². The van der Waals surface area contributed by atoms with E-state index >= 15 is 0 Å². The van der Waals surface area contributed by atoms with Gasteiger partial charge in [0.05, 0.1) is 12.3 Å². The quantitative estimate of drug-likeness (QED) is 0.902. The standard InChI is InChI=1S/C14H18N2O2/c1-4-12-13(9-17)15-16(3)14(12)18-11-7-5-10(2)6-8-11/h5-8,17H,4,9H2,1-3H3. The zero-order chi connectivity index (χ0) is 13.1. The van der Waals surface area contributed by atoms with Crippen molar-refractivity contribution in [3.05, 3.63) is 41.1 Å². The van der Waals surface area contributed by atoms with Crippen molar-refractivity contribution in [1.29, 1.82) is 0 Å². The van der Waals surface area contributed by atoms with Crippen LogP contribution in [0.4, 0.5) is 0 Å². The van der Waals surface area contributed by atoms with Gasteiger partial charge in [-0.3, -0.25) is 0 Å². The van der Waals surface area contributed by atoms with Crippen molar-refractivity contribution in [2.75, 3.05) is 0 Å². The van der Waals surface area contributed by atoms with Crippen LogP contribution in [0.1, 0.15) is 23.7 Å². The van der Waals surface area contributed by atoms with E-state index in [0.29, 0.717) is 11.6 Å². The second-order valence-electron chi connectivity index (χ2n) is 4.28. The summed E-state index contributed by atoms with van der Waals surface area (Å²) in [5, 5.41) is 13.5. The number of rotatable bonds is 4. The molecule has 4 nitrogen and oxygen atoms in total. The first-order valence-corrected chi connectivity index (χ1v) is 6.05. The van der Waals surface area contributed by atoms with Crippen LogP contribution in [-0.4, -0.2) is 14.9 Å². The van der Waals surface area contributed by atoms with Gasteiger partial charge in [0, 0.05) is 12.6 Å². The number of hydrogen-bond acceptors (Lipinski definition) is 3. The molecule has 0 aliphatic carbocycles. The topological polar surface area (TPSA) is 47.3 Å². The van der Waals surface area contributed by atoms with Gasteiger partial charge in [0.25, 0.3) is 0 Å². The van der Waals surface area contributed by atoms with E-state index in [9.17, 15) is 5.11 Å². The van der Waals surface area contributed by atoms with Crippen LogP contribution in [0.2, 0.25) is 0 Å². The summed E-state index contributed by atoms with van der Waals surface area (Å²) >= 11 is 0. The third kappa shape index (κ3) is 2.38. The van der Waals surface area contributed by atoms with E-state index in [-0.39, 0.29) is 6.61 Å². The number of aliphatic hydroxyl groups excluding tert-OH is 1. The Morgan fingerprint density at radius 2 is 1.94 bits per heavy atom. The first-order chi connectivity index (χ1) is 8.65. The number of aryl methyl sites for hydroxylation is 2. The smallest absolute Gasteiger partial charge is 0.221 e. The molecule has 0 bridgehead atoms. The van der Waals surface area contributed by atoms with E-state index in [2.05, 4.69) is 5.10 Å². The van der Waals surface area contributed by atoms with Crippen molar-refractivity contribution < 1.29 is 9.84 Å². The largest absolute Gasteiger partial charge is 0.439 e. The van der Waals surface area contributed by atoms with E-state index in [1.807, 2.05) is 45.2 Å². The second kappa shape index (κ2) is 5.23. The van der Waals surface area contributed by atoms with E-state index in [1.165, 1.54) is 5.56 Å². The van der Waals surface area contributed by atoms with Crippen molar-refractivity contribution in [2.45, 2.75) is 26.9 Å². The maximum absolute atomic E-state index is 9.26. The van der Waals surface area contributed by atoms with E-state index in [1.54, 1.807) is 4.68 Å². The molecule has 96 valence electrons. The van der Waals surface area contributed by atoms with Crippen LogP contribution in [0.5, 0.6) is 11.6 Å². The molecular weight excluding hydrogens is 228 g/mol. The summed E-state index contributed by atoms with van der Waals surface area (Å²) in [6.07, 6.45) is 0.783. The van der Waals surface area contributed by atoms with Gasteiger partial charge < -0.3 is 9.84 Å². The molecule has 1 aromatic carbocycles. The molecule has 0 atom stereocenters. The number of aromatic nitrogens is 2. The molecule has 0 aliphatic heterocycles.